The van der Waals surface area contributed by atoms with Gasteiger partial charge in [0.1, 0.15) is 5.75 Å². The molecule has 0 aromatic heterocycles. The van der Waals surface area contributed by atoms with Gasteiger partial charge in [0.05, 0.1) is 26.8 Å². The lowest BCUT2D eigenvalue weighted by molar-refractivity contribution is -0.135. The maximum atomic E-state index is 12.6. The number of benzene rings is 2. The fourth-order valence-electron chi connectivity index (χ4n) is 2.95. The van der Waals surface area contributed by atoms with Crippen LogP contribution >= 0.6 is 11.6 Å². The Morgan fingerprint density at radius 2 is 1.88 bits per heavy atom. The van der Waals surface area contributed by atoms with Crippen LogP contribution in [0.3, 0.4) is 0 Å². The van der Waals surface area contributed by atoms with Gasteiger partial charge in [0.15, 0.2) is 18.1 Å². The van der Waals surface area contributed by atoms with Gasteiger partial charge >= 0.3 is 0 Å². The predicted molar refractivity (Wildman–Crippen MR) is 95.5 cm³/mol. The Balaban J connectivity index is 1.92. The molecule has 5 nitrogen and oxygen atoms in total. The van der Waals surface area contributed by atoms with Crippen molar-refractivity contribution in [3.63, 3.8) is 0 Å². The van der Waals surface area contributed by atoms with E-state index in [2.05, 4.69) is 0 Å². The van der Waals surface area contributed by atoms with Gasteiger partial charge < -0.3 is 19.1 Å². The molecule has 25 heavy (non-hydrogen) atoms. The zero-order chi connectivity index (χ0) is 18.0. The van der Waals surface area contributed by atoms with E-state index in [1.54, 1.807) is 31.3 Å². The summed E-state index contributed by atoms with van der Waals surface area (Å²) in [7, 11) is 3.19. The van der Waals surface area contributed by atoms with Gasteiger partial charge in [-0.15, -0.1) is 0 Å². The number of amides is 1. The number of fused-ring (bicyclic) bond motifs is 1. The summed E-state index contributed by atoms with van der Waals surface area (Å²) in [6.45, 7) is 2.42. The fourth-order valence-corrected chi connectivity index (χ4v) is 3.15. The fraction of sp³-hybridized carbons (Fsp3) is 0.316. The van der Waals surface area contributed by atoms with Gasteiger partial charge in [-0.3, -0.25) is 4.79 Å². The minimum Gasteiger partial charge on any atom is -0.493 e. The lowest BCUT2D eigenvalue weighted by Gasteiger charge is -2.28. The monoisotopic (exact) mass is 361 g/mol. The van der Waals surface area contributed by atoms with Crippen LogP contribution in [0.4, 0.5) is 0 Å². The van der Waals surface area contributed by atoms with Crippen LogP contribution in [0.25, 0.3) is 0 Å². The number of halogens is 1. The highest BCUT2D eigenvalue weighted by Gasteiger charge is 2.27. The molecule has 3 rings (SSSR count). The van der Waals surface area contributed by atoms with Crippen LogP contribution in [-0.2, 0) is 11.3 Å². The quantitative estimate of drug-likeness (QED) is 0.830. The number of carbonyl (C=O) groups is 1. The molecule has 6 heteroatoms. The summed E-state index contributed by atoms with van der Waals surface area (Å²) in [6, 6.07) is 10.9. The van der Waals surface area contributed by atoms with Crippen LogP contribution in [0, 0.1) is 0 Å². The van der Waals surface area contributed by atoms with E-state index in [9.17, 15) is 4.79 Å². The van der Waals surface area contributed by atoms with E-state index < -0.39 is 0 Å². The second-order valence-electron chi connectivity index (χ2n) is 5.85. The topological polar surface area (TPSA) is 48.0 Å². The Bertz CT molecular complexity index is 793. The summed E-state index contributed by atoms with van der Waals surface area (Å²) < 4.78 is 16.3. The van der Waals surface area contributed by atoms with Crippen molar-refractivity contribution in [2.24, 2.45) is 0 Å². The highest BCUT2D eigenvalue weighted by atomic mass is 35.5. The molecule has 0 saturated heterocycles. The van der Waals surface area contributed by atoms with Crippen molar-refractivity contribution in [3.05, 3.63) is 52.5 Å². The number of carbonyl (C=O) groups excluding carboxylic acids is 1. The molecule has 1 aliphatic rings. The molecule has 1 aliphatic heterocycles. The van der Waals surface area contributed by atoms with Crippen LogP contribution in [0.2, 0.25) is 5.02 Å². The maximum absolute atomic E-state index is 12.6. The van der Waals surface area contributed by atoms with E-state index in [-0.39, 0.29) is 18.6 Å². The average Bonchev–Trinajstić information content (AvgIpc) is 2.79. The molecular weight excluding hydrogens is 342 g/mol. The summed E-state index contributed by atoms with van der Waals surface area (Å²) in [5.74, 6) is 1.91. The van der Waals surface area contributed by atoms with Crippen LogP contribution in [-0.4, -0.2) is 31.6 Å². The van der Waals surface area contributed by atoms with Crippen molar-refractivity contribution < 1.29 is 19.0 Å². The number of nitrogens with zero attached hydrogens (tertiary/aromatic N) is 1. The summed E-state index contributed by atoms with van der Waals surface area (Å²) in [5.41, 5.74) is 1.85. The summed E-state index contributed by atoms with van der Waals surface area (Å²) in [6.07, 6.45) is 0. The largest absolute Gasteiger partial charge is 0.493 e. The molecule has 1 amide bonds. The summed E-state index contributed by atoms with van der Waals surface area (Å²) in [4.78, 5) is 14.4. The minimum atomic E-state index is -0.152. The SMILES string of the molecule is COc1ccc([C@H](C)N2Cc3cc(Cl)ccc3OCC2=O)cc1OC. The maximum Gasteiger partial charge on any atom is 0.261 e. The number of methoxy groups -OCH3 is 2. The Morgan fingerprint density at radius 1 is 1.12 bits per heavy atom. The highest BCUT2D eigenvalue weighted by Crippen LogP contribution is 2.34. The number of hydrogen-bond acceptors (Lipinski definition) is 4. The lowest BCUT2D eigenvalue weighted by Crippen LogP contribution is -2.34. The average molecular weight is 362 g/mol. The van der Waals surface area contributed by atoms with Crippen molar-refractivity contribution in [1.82, 2.24) is 4.90 Å². The summed E-state index contributed by atoms with van der Waals surface area (Å²) >= 11 is 6.09. The highest BCUT2D eigenvalue weighted by molar-refractivity contribution is 6.30. The third-order valence-corrected chi connectivity index (χ3v) is 4.63. The standard InChI is InChI=1S/C19H20ClNO4/c1-12(13-4-6-17(23-2)18(9-13)24-3)21-10-14-8-15(20)5-7-16(14)25-11-19(21)22/h4-9,12H,10-11H2,1-3H3/t12-/m0/s1. The van der Waals surface area contributed by atoms with Crippen molar-refractivity contribution in [2.45, 2.75) is 19.5 Å². The molecule has 0 radical (unpaired) electrons. The van der Waals surface area contributed by atoms with Gasteiger partial charge in [-0.1, -0.05) is 17.7 Å². The minimum absolute atomic E-state index is 0.00621. The molecule has 132 valence electrons. The van der Waals surface area contributed by atoms with Crippen molar-refractivity contribution in [1.29, 1.82) is 0 Å². The molecule has 0 aliphatic carbocycles. The Hall–Kier alpha value is -2.40. The first-order valence-corrected chi connectivity index (χ1v) is 8.34. The third kappa shape index (κ3) is 3.51. The van der Waals surface area contributed by atoms with Crippen LogP contribution in [0.15, 0.2) is 36.4 Å². The van der Waals surface area contributed by atoms with E-state index >= 15 is 0 Å². The number of hydrogen-bond donors (Lipinski definition) is 0. The Morgan fingerprint density at radius 3 is 2.60 bits per heavy atom. The van der Waals surface area contributed by atoms with Gasteiger partial charge in [-0.05, 0) is 42.8 Å². The molecular formula is C19H20ClNO4. The second-order valence-corrected chi connectivity index (χ2v) is 6.29. The first-order valence-electron chi connectivity index (χ1n) is 7.96. The molecule has 0 bridgehead atoms. The Kier molecular flexibility index (Phi) is 5.04. The van der Waals surface area contributed by atoms with Gasteiger partial charge in [0.2, 0.25) is 0 Å². The zero-order valence-corrected chi connectivity index (χ0v) is 15.2. The van der Waals surface area contributed by atoms with Crippen molar-refractivity contribution >= 4 is 17.5 Å². The molecule has 1 atom stereocenters. The third-order valence-electron chi connectivity index (χ3n) is 4.39. The lowest BCUT2D eigenvalue weighted by atomic mass is 10.0. The summed E-state index contributed by atoms with van der Waals surface area (Å²) in [5, 5.41) is 0.621. The predicted octanol–water partition coefficient (Wildman–Crippen LogP) is 3.84. The van der Waals surface area contributed by atoms with Crippen LogP contribution in [0.1, 0.15) is 24.1 Å². The van der Waals surface area contributed by atoms with Crippen LogP contribution < -0.4 is 14.2 Å². The first-order chi connectivity index (χ1) is 12.0. The van der Waals surface area contributed by atoms with E-state index in [1.807, 2.05) is 31.2 Å². The smallest absolute Gasteiger partial charge is 0.261 e. The molecule has 0 saturated carbocycles. The molecule has 0 spiro atoms. The molecule has 2 aromatic carbocycles. The first kappa shape index (κ1) is 17.4. The van der Waals surface area contributed by atoms with E-state index in [4.69, 9.17) is 25.8 Å². The zero-order valence-electron chi connectivity index (χ0n) is 14.4. The van der Waals surface area contributed by atoms with E-state index in [0.717, 1.165) is 11.1 Å². The number of ether oxygens (including phenoxy) is 3. The van der Waals surface area contributed by atoms with E-state index in [0.29, 0.717) is 28.8 Å². The normalized spacial score (nSPS) is 15.0. The molecule has 2 aromatic rings. The van der Waals surface area contributed by atoms with Crippen LogP contribution in [0.5, 0.6) is 17.2 Å². The molecule has 0 unspecified atom stereocenters. The van der Waals surface area contributed by atoms with Gasteiger partial charge in [-0.2, -0.15) is 0 Å². The van der Waals surface area contributed by atoms with Gasteiger partial charge in [-0.25, -0.2) is 0 Å². The van der Waals surface area contributed by atoms with Gasteiger partial charge in [0, 0.05) is 10.6 Å². The Labute approximate surface area is 152 Å². The molecule has 0 N–H and O–H groups in total. The molecule has 1 heterocycles. The number of rotatable bonds is 4. The van der Waals surface area contributed by atoms with Gasteiger partial charge in [0.25, 0.3) is 5.91 Å². The second kappa shape index (κ2) is 7.23. The molecule has 0 fully saturated rings. The van der Waals surface area contributed by atoms with Crippen molar-refractivity contribution in [2.75, 3.05) is 20.8 Å². The van der Waals surface area contributed by atoms with Crippen molar-refractivity contribution in [3.8, 4) is 17.2 Å². The van der Waals surface area contributed by atoms with E-state index in [1.165, 1.54) is 0 Å².